The Labute approximate surface area is 157 Å². The molecular weight excluding hydrogens is 378 g/mol. The van der Waals surface area contributed by atoms with Crippen LogP contribution < -0.4 is 10.2 Å². The fourth-order valence-electron chi connectivity index (χ4n) is 2.30. The summed E-state index contributed by atoms with van der Waals surface area (Å²) in [4.78, 5) is 22.4. The van der Waals surface area contributed by atoms with E-state index in [1.165, 1.54) is 49.7 Å². The lowest BCUT2D eigenvalue weighted by Gasteiger charge is -2.05. The smallest absolute Gasteiger partial charge is 0.307 e. The van der Waals surface area contributed by atoms with Crippen molar-refractivity contribution in [2.75, 3.05) is 7.11 Å². The first-order valence-corrected chi connectivity index (χ1v) is 7.84. The minimum absolute atomic E-state index is 0.0519. The molecule has 1 aromatic heterocycles. The number of hydrogen-bond donors (Lipinski definition) is 2. The molecule has 0 atom stereocenters. The summed E-state index contributed by atoms with van der Waals surface area (Å²) >= 11 is 5.87. The molecular formula is C17H12ClN3O6. The third-order valence-corrected chi connectivity index (χ3v) is 3.87. The van der Waals surface area contributed by atoms with E-state index >= 15 is 0 Å². The molecule has 3 rings (SSSR count). The molecule has 0 aliphatic heterocycles. The van der Waals surface area contributed by atoms with Crippen molar-refractivity contribution in [3.05, 3.63) is 62.9 Å². The number of non-ortho nitro benzene ring substituents is 1. The number of halogens is 1. The van der Waals surface area contributed by atoms with Gasteiger partial charge in [0, 0.05) is 17.5 Å². The third kappa shape index (κ3) is 3.82. The largest absolute Gasteiger partial charge is 0.503 e. The quantitative estimate of drug-likeness (QED) is 0.390. The highest BCUT2D eigenvalue weighted by atomic mass is 35.5. The molecule has 0 saturated carbocycles. The standard InChI is InChI=1S/C17H12ClN3O6/c1-26-14-5-9(4-12(18)16(14)22)8-19-20-17(23)15-7-10-6-11(21(24)25)2-3-13(10)27-15/h2-8,22H,1H3,(H,20,23)/b19-8+. The number of amides is 1. The van der Waals surface area contributed by atoms with Gasteiger partial charge in [0.1, 0.15) is 5.58 Å². The van der Waals surface area contributed by atoms with Gasteiger partial charge in [0.25, 0.3) is 5.69 Å². The average molecular weight is 390 g/mol. The topological polar surface area (TPSA) is 127 Å². The number of hydrogen-bond acceptors (Lipinski definition) is 7. The summed E-state index contributed by atoms with van der Waals surface area (Å²) < 4.78 is 10.3. The van der Waals surface area contributed by atoms with Crippen molar-refractivity contribution in [3.63, 3.8) is 0 Å². The Kier molecular flexibility index (Phi) is 4.95. The van der Waals surface area contributed by atoms with Crippen molar-refractivity contribution in [1.82, 2.24) is 5.43 Å². The van der Waals surface area contributed by atoms with E-state index in [-0.39, 0.29) is 28.0 Å². The second-order valence-electron chi connectivity index (χ2n) is 5.34. The molecule has 27 heavy (non-hydrogen) atoms. The molecule has 10 heteroatoms. The number of nitrogens with zero attached hydrogens (tertiary/aromatic N) is 2. The molecule has 1 amide bonds. The van der Waals surface area contributed by atoms with Crippen molar-refractivity contribution >= 4 is 40.4 Å². The van der Waals surface area contributed by atoms with Crippen molar-refractivity contribution in [3.8, 4) is 11.5 Å². The lowest BCUT2D eigenvalue weighted by Crippen LogP contribution is -2.16. The van der Waals surface area contributed by atoms with Gasteiger partial charge in [-0.15, -0.1) is 0 Å². The number of phenolic OH excluding ortho intramolecular Hbond substituents is 1. The first kappa shape index (κ1) is 18.2. The maximum atomic E-state index is 12.1. The number of nitro benzene ring substituents is 1. The molecule has 1 heterocycles. The van der Waals surface area contributed by atoms with Crippen LogP contribution in [-0.4, -0.2) is 29.3 Å². The van der Waals surface area contributed by atoms with E-state index in [0.717, 1.165) is 0 Å². The molecule has 2 N–H and O–H groups in total. The Morgan fingerprint density at radius 1 is 1.37 bits per heavy atom. The summed E-state index contributed by atoms with van der Waals surface area (Å²) in [6, 6.07) is 8.32. The van der Waals surface area contributed by atoms with Crippen LogP contribution in [-0.2, 0) is 0 Å². The van der Waals surface area contributed by atoms with Crippen LogP contribution in [0.3, 0.4) is 0 Å². The van der Waals surface area contributed by atoms with Crippen LogP contribution in [0.25, 0.3) is 11.0 Å². The maximum absolute atomic E-state index is 12.1. The minimum atomic E-state index is -0.637. The van der Waals surface area contributed by atoms with Gasteiger partial charge < -0.3 is 14.3 Å². The number of phenols is 1. The summed E-state index contributed by atoms with van der Waals surface area (Å²) in [6.45, 7) is 0. The molecule has 0 radical (unpaired) electrons. The number of ether oxygens (including phenoxy) is 1. The number of fused-ring (bicyclic) bond motifs is 1. The summed E-state index contributed by atoms with van der Waals surface area (Å²) in [5, 5.41) is 24.8. The van der Waals surface area contributed by atoms with E-state index in [9.17, 15) is 20.0 Å². The highest BCUT2D eigenvalue weighted by Gasteiger charge is 2.14. The van der Waals surface area contributed by atoms with Crippen LogP contribution >= 0.6 is 11.6 Å². The first-order valence-electron chi connectivity index (χ1n) is 7.47. The van der Waals surface area contributed by atoms with Crippen molar-refractivity contribution in [1.29, 1.82) is 0 Å². The summed E-state index contributed by atoms with van der Waals surface area (Å²) in [5.41, 5.74) is 2.99. The zero-order valence-corrected chi connectivity index (χ0v) is 14.6. The molecule has 0 aliphatic carbocycles. The summed E-state index contributed by atoms with van der Waals surface area (Å²) in [5.74, 6) is -0.725. The van der Waals surface area contributed by atoms with Crippen molar-refractivity contribution < 1.29 is 24.0 Å². The zero-order chi connectivity index (χ0) is 19.6. The molecule has 0 fully saturated rings. The Bertz CT molecular complexity index is 1080. The predicted molar refractivity (Wildman–Crippen MR) is 97.6 cm³/mol. The molecule has 0 aliphatic rings. The number of hydrazone groups is 1. The van der Waals surface area contributed by atoms with Crippen LogP contribution in [0.5, 0.6) is 11.5 Å². The molecule has 2 aromatic carbocycles. The van der Waals surface area contributed by atoms with Crippen LogP contribution in [0.2, 0.25) is 5.02 Å². The Morgan fingerprint density at radius 3 is 2.85 bits per heavy atom. The van der Waals surface area contributed by atoms with Crippen LogP contribution in [0, 0.1) is 10.1 Å². The van der Waals surface area contributed by atoms with Gasteiger partial charge in [-0.05, 0) is 29.8 Å². The molecule has 3 aromatic rings. The Balaban J connectivity index is 1.76. The molecule has 9 nitrogen and oxygen atoms in total. The highest BCUT2D eigenvalue weighted by molar-refractivity contribution is 6.32. The van der Waals surface area contributed by atoms with E-state index in [2.05, 4.69) is 10.5 Å². The monoisotopic (exact) mass is 389 g/mol. The molecule has 0 unspecified atom stereocenters. The number of carbonyl (C=O) groups excluding carboxylic acids is 1. The fraction of sp³-hybridized carbons (Fsp3) is 0.0588. The number of benzene rings is 2. The molecule has 0 spiro atoms. The minimum Gasteiger partial charge on any atom is -0.503 e. The van der Waals surface area contributed by atoms with E-state index in [1.54, 1.807) is 0 Å². The van der Waals surface area contributed by atoms with E-state index in [4.69, 9.17) is 20.8 Å². The van der Waals surface area contributed by atoms with Crippen molar-refractivity contribution in [2.45, 2.75) is 0 Å². The normalized spacial score (nSPS) is 11.0. The van der Waals surface area contributed by atoms with Gasteiger partial charge in [-0.2, -0.15) is 5.10 Å². The number of nitro groups is 1. The van der Waals surface area contributed by atoms with Gasteiger partial charge in [0.15, 0.2) is 17.3 Å². The average Bonchev–Trinajstić information content (AvgIpc) is 3.07. The lowest BCUT2D eigenvalue weighted by molar-refractivity contribution is -0.384. The van der Waals surface area contributed by atoms with Gasteiger partial charge >= 0.3 is 5.91 Å². The number of nitrogens with one attached hydrogen (secondary N) is 1. The first-order chi connectivity index (χ1) is 12.9. The van der Waals surface area contributed by atoms with E-state index < -0.39 is 10.8 Å². The summed E-state index contributed by atoms with van der Waals surface area (Å²) in [7, 11) is 1.37. The van der Waals surface area contributed by atoms with Gasteiger partial charge in [0.05, 0.1) is 23.3 Å². The van der Waals surface area contributed by atoms with Crippen molar-refractivity contribution in [2.24, 2.45) is 5.10 Å². The number of furan rings is 1. The Hall–Kier alpha value is -3.59. The number of methoxy groups -OCH3 is 1. The molecule has 0 saturated heterocycles. The van der Waals surface area contributed by atoms with Crippen LogP contribution in [0.1, 0.15) is 16.1 Å². The SMILES string of the molecule is COc1cc(/C=N/NC(=O)c2cc3cc([N+](=O)[O-])ccc3o2)cc(Cl)c1O. The predicted octanol–water partition coefficient (Wildman–Crippen LogP) is 3.47. The van der Waals surface area contributed by atoms with Gasteiger partial charge in [0.2, 0.25) is 0 Å². The number of rotatable bonds is 5. The highest BCUT2D eigenvalue weighted by Crippen LogP contribution is 2.34. The maximum Gasteiger partial charge on any atom is 0.307 e. The van der Waals surface area contributed by atoms with Crippen LogP contribution in [0.15, 0.2) is 45.9 Å². The van der Waals surface area contributed by atoms with Crippen LogP contribution in [0.4, 0.5) is 5.69 Å². The third-order valence-electron chi connectivity index (χ3n) is 3.58. The second-order valence-corrected chi connectivity index (χ2v) is 5.75. The second kappa shape index (κ2) is 7.34. The number of aromatic hydroxyl groups is 1. The fourth-order valence-corrected chi connectivity index (χ4v) is 2.52. The number of carbonyl (C=O) groups is 1. The zero-order valence-electron chi connectivity index (χ0n) is 13.8. The van der Waals surface area contributed by atoms with E-state index in [1.807, 2.05) is 0 Å². The van der Waals surface area contributed by atoms with E-state index in [0.29, 0.717) is 16.5 Å². The van der Waals surface area contributed by atoms with Gasteiger partial charge in [-0.3, -0.25) is 14.9 Å². The lowest BCUT2D eigenvalue weighted by atomic mass is 10.2. The molecule has 0 bridgehead atoms. The Morgan fingerprint density at radius 2 is 2.15 bits per heavy atom. The summed E-state index contributed by atoms with van der Waals surface area (Å²) in [6.07, 6.45) is 1.30. The van der Waals surface area contributed by atoms with Gasteiger partial charge in [-0.25, -0.2) is 5.43 Å². The van der Waals surface area contributed by atoms with Gasteiger partial charge in [-0.1, -0.05) is 11.6 Å². The molecule has 138 valence electrons.